The summed E-state index contributed by atoms with van der Waals surface area (Å²) in [6, 6.07) is -14.9. The van der Waals surface area contributed by atoms with E-state index in [0.29, 0.717) is 0 Å². The van der Waals surface area contributed by atoms with Crippen molar-refractivity contribution in [2.75, 3.05) is 0 Å². The third kappa shape index (κ3) is 3.69. The SMILES string of the molecule is [2H]c1c(-c2c([2H])c([2H])c([2H])c([2H])c2[2H])nc(-c2c([2H])c([2H])c([2H])c([2H])c2-n2c3ncccc3c3c([2H])c([2H])c([2H])c([2H])c32)nc1-n1c2c([2H])c([2H])c([2H])c([2H])c2c2c([2H])c([2H])c([2H])c([2H])c21. The lowest BCUT2D eigenvalue weighted by molar-refractivity contribution is 1.04. The Kier molecular flexibility index (Phi) is 2.48. The van der Waals surface area contributed by atoms with Crippen LogP contribution in [0.2, 0.25) is 0 Å². The van der Waals surface area contributed by atoms with Gasteiger partial charge in [0.1, 0.15) is 11.5 Å². The Morgan fingerprint density at radius 2 is 1.14 bits per heavy atom. The molecule has 9 rings (SSSR count). The minimum Gasteiger partial charge on any atom is -0.294 e. The highest BCUT2D eigenvalue weighted by atomic mass is 15.1. The van der Waals surface area contributed by atoms with Crippen LogP contribution >= 0.6 is 0 Å². The van der Waals surface area contributed by atoms with Crippen LogP contribution in [0.3, 0.4) is 0 Å². The molecule has 0 atom stereocenters. The van der Waals surface area contributed by atoms with Gasteiger partial charge in [-0.2, -0.15) is 0 Å². The molecule has 4 heterocycles. The quantitative estimate of drug-likeness (QED) is 0.207. The molecule has 0 aliphatic rings. The molecule has 0 spiro atoms. The van der Waals surface area contributed by atoms with Crippen molar-refractivity contribution in [1.29, 1.82) is 0 Å². The number of hydrogen-bond donors (Lipinski definition) is 0. The summed E-state index contributed by atoms with van der Waals surface area (Å²) in [6.07, 6.45) is 1.30. The van der Waals surface area contributed by atoms with Crippen LogP contribution in [-0.2, 0) is 0 Å². The number of hydrogen-bond acceptors (Lipinski definition) is 3. The minimum atomic E-state index is -0.939. The fourth-order valence-corrected chi connectivity index (χ4v) is 5.13. The summed E-state index contributed by atoms with van der Waals surface area (Å²) in [5.41, 5.74) is -4.33. The summed E-state index contributed by atoms with van der Waals surface area (Å²) in [6.45, 7) is 0. The molecule has 206 valence electrons. The Hall–Kier alpha value is -6.07. The summed E-state index contributed by atoms with van der Waals surface area (Å²) in [7, 11) is 0. The number of nitrogens with zero attached hydrogens (tertiary/aromatic N) is 5. The van der Waals surface area contributed by atoms with Gasteiger partial charge >= 0.3 is 0 Å². The number of benzene rings is 5. The second-order valence-electron chi connectivity index (χ2n) is 9.28. The van der Waals surface area contributed by atoms with Gasteiger partial charge < -0.3 is 0 Å². The highest BCUT2D eigenvalue weighted by Gasteiger charge is 2.20. The first-order valence-electron chi connectivity index (χ1n) is 23.9. The first kappa shape index (κ1) is 11.2. The zero-order chi connectivity index (χ0) is 48.2. The molecule has 0 unspecified atom stereocenters. The van der Waals surface area contributed by atoms with Crippen LogP contribution in [0.5, 0.6) is 0 Å². The highest BCUT2D eigenvalue weighted by Crippen LogP contribution is 2.37. The molecule has 5 heteroatoms. The molecule has 44 heavy (non-hydrogen) atoms. The van der Waals surface area contributed by atoms with E-state index in [1.807, 2.05) is 0 Å². The van der Waals surface area contributed by atoms with Crippen LogP contribution in [0.1, 0.15) is 30.2 Å². The van der Waals surface area contributed by atoms with Crippen molar-refractivity contribution < 1.29 is 30.2 Å². The van der Waals surface area contributed by atoms with Crippen molar-refractivity contribution in [2.24, 2.45) is 0 Å². The molecule has 4 aromatic heterocycles. The lowest BCUT2D eigenvalue weighted by Crippen LogP contribution is -2.05. The maximum Gasteiger partial charge on any atom is 0.164 e. The summed E-state index contributed by atoms with van der Waals surface area (Å²) in [5, 5.41) is -0.868. The van der Waals surface area contributed by atoms with Crippen LogP contribution < -0.4 is 0 Å². The van der Waals surface area contributed by atoms with E-state index in [0.717, 1.165) is 9.13 Å². The molecule has 5 nitrogen and oxygen atoms in total. The van der Waals surface area contributed by atoms with Crippen molar-refractivity contribution in [2.45, 2.75) is 0 Å². The number of fused-ring (bicyclic) bond motifs is 6. The van der Waals surface area contributed by atoms with E-state index in [1.165, 1.54) is 18.3 Å². The predicted molar refractivity (Wildman–Crippen MR) is 179 cm³/mol. The Morgan fingerprint density at radius 1 is 0.545 bits per heavy atom. The van der Waals surface area contributed by atoms with Gasteiger partial charge in [0.15, 0.2) is 5.82 Å². The number of pyridine rings is 1. The van der Waals surface area contributed by atoms with Gasteiger partial charge in [-0.25, -0.2) is 15.0 Å². The molecular formula is C39H25N5. The Balaban J connectivity index is 1.58. The van der Waals surface area contributed by atoms with E-state index in [2.05, 4.69) is 15.0 Å². The summed E-state index contributed by atoms with van der Waals surface area (Å²) in [4.78, 5) is 13.5. The van der Waals surface area contributed by atoms with E-state index in [1.54, 1.807) is 0 Å². The molecule has 0 saturated carbocycles. The standard InChI is InChI=1S/C39H25N5/c1-2-13-26(14-3-1)32-25-37(43-33-20-8-4-15-27(33)28-16-5-9-21-34(28)43)42-38(41-32)31-18-7-11-23-36(31)44-35-22-10-6-17-29(35)30-19-12-24-40-39(30)44/h1-25H/i1D,2D,3D,4D,5D,6D,7D,8D,9D,10D,11D,13D,14D,15D,16D,17D,18D,20D,21D,22D,23D,25D. The smallest absolute Gasteiger partial charge is 0.164 e. The Morgan fingerprint density at radius 3 is 1.86 bits per heavy atom. The predicted octanol–water partition coefficient (Wildman–Crippen LogP) is 9.40. The molecule has 0 aliphatic heterocycles. The second-order valence-corrected chi connectivity index (χ2v) is 9.28. The highest BCUT2D eigenvalue weighted by molar-refractivity contribution is 6.09. The topological polar surface area (TPSA) is 48.5 Å². The lowest BCUT2D eigenvalue weighted by atomic mass is 10.1. The zero-order valence-electron chi connectivity index (χ0n) is 44.0. The maximum absolute atomic E-state index is 9.66. The molecule has 0 amide bonds. The van der Waals surface area contributed by atoms with Gasteiger partial charge in [-0.15, -0.1) is 0 Å². The average Bonchev–Trinajstić information content (AvgIpc) is 3.84. The molecular weight excluding hydrogens is 538 g/mol. The minimum absolute atomic E-state index is 0.0982. The van der Waals surface area contributed by atoms with Crippen molar-refractivity contribution in [3.05, 3.63) is 151 Å². The van der Waals surface area contributed by atoms with Gasteiger partial charge in [-0.1, -0.05) is 96.7 Å². The zero-order valence-corrected chi connectivity index (χ0v) is 22.0. The van der Waals surface area contributed by atoms with Gasteiger partial charge in [0.2, 0.25) is 0 Å². The van der Waals surface area contributed by atoms with Gasteiger partial charge in [0, 0.05) is 44.9 Å². The largest absolute Gasteiger partial charge is 0.294 e. The van der Waals surface area contributed by atoms with E-state index < -0.39 is 189 Å². The Labute approximate surface area is 284 Å². The van der Waals surface area contributed by atoms with Crippen molar-refractivity contribution in [1.82, 2.24) is 24.1 Å². The molecule has 5 aromatic carbocycles. The second kappa shape index (κ2) is 9.75. The van der Waals surface area contributed by atoms with E-state index in [9.17, 15) is 4.11 Å². The Bertz CT molecular complexity index is 3640. The molecule has 0 N–H and O–H groups in total. The van der Waals surface area contributed by atoms with Gasteiger partial charge in [-0.3, -0.25) is 9.13 Å². The van der Waals surface area contributed by atoms with Crippen molar-refractivity contribution >= 4 is 43.7 Å². The number of aromatic nitrogens is 5. The number of rotatable bonds is 4. The third-order valence-electron chi connectivity index (χ3n) is 6.91. The lowest BCUT2D eigenvalue weighted by Gasteiger charge is -2.15. The molecule has 0 radical (unpaired) electrons. The molecule has 0 aliphatic carbocycles. The van der Waals surface area contributed by atoms with Gasteiger partial charge in [0.25, 0.3) is 0 Å². The van der Waals surface area contributed by atoms with Crippen LogP contribution in [0, 0.1) is 0 Å². The normalized spacial score (nSPS) is 18.6. The van der Waals surface area contributed by atoms with E-state index >= 15 is 0 Å². The summed E-state index contributed by atoms with van der Waals surface area (Å²) in [5.74, 6) is -1.62. The van der Waals surface area contributed by atoms with Gasteiger partial charge in [0.05, 0.1) is 58.1 Å². The summed E-state index contributed by atoms with van der Waals surface area (Å²) >= 11 is 0. The monoisotopic (exact) mass is 585 g/mol. The van der Waals surface area contributed by atoms with E-state index in [4.69, 9.17) is 26.0 Å². The van der Waals surface area contributed by atoms with Crippen LogP contribution in [0.15, 0.2) is 151 Å². The fraction of sp³-hybridized carbons (Fsp3) is 0. The van der Waals surface area contributed by atoms with Crippen LogP contribution in [0.4, 0.5) is 0 Å². The van der Waals surface area contributed by atoms with E-state index in [-0.39, 0.29) is 21.9 Å². The van der Waals surface area contributed by atoms with Crippen LogP contribution in [-0.4, -0.2) is 24.1 Å². The average molecular weight is 586 g/mol. The molecule has 0 fully saturated rings. The maximum atomic E-state index is 9.66. The third-order valence-corrected chi connectivity index (χ3v) is 6.91. The van der Waals surface area contributed by atoms with Crippen molar-refractivity contribution in [3.8, 4) is 34.2 Å². The first-order valence-corrected chi connectivity index (χ1v) is 12.9. The molecule has 0 saturated heterocycles. The molecule has 0 bridgehead atoms. The number of para-hydroxylation sites is 4. The van der Waals surface area contributed by atoms with Crippen LogP contribution in [0.25, 0.3) is 77.9 Å². The van der Waals surface area contributed by atoms with Crippen molar-refractivity contribution in [3.63, 3.8) is 0 Å². The molecule has 9 aromatic rings. The van der Waals surface area contributed by atoms with Gasteiger partial charge in [-0.05, 0) is 42.3 Å². The fourth-order valence-electron chi connectivity index (χ4n) is 5.13. The summed E-state index contributed by atoms with van der Waals surface area (Å²) < 4.78 is 196. The first-order chi connectivity index (χ1) is 31.0.